The summed E-state index contributed by atoms with van der Waals surface area (Å²) in [4.78, 5) is 16.4. The second kappa shape index (κ2) is 16.2. The van der Waals surface area contributed by atoms with Crippen LogP contribution in [0.5, 0.6) is 0 Å². The van der Waals surface area contributed by atoms with E-state index in [4.69, 9.17) is 0 Å². The first-order chi connectivity index (χ1) is 17.8. The minimum atomic E-state index is -1.21. The van der Waals surface area contributed by atoms with E-state index in [1.54, 1.807) is 17.7 Å². The second-order valence-corrected chi connectivity index (χ2v) is 9.38. The molecule has 1 aliphatic carbocycles. The van der Waals surface area contributed by atoms with Gasteiger partial charge in [0.25, 0.3) is 0 Å². The molecule has 3 heterocycles. The number of piperazine rings is 1. The SMILES string of the molecule is C.CC.CCCC(=O)F.CCCc1c(N2CCNC3(CC3)C2)ccnc1C.Cn1cc2ccc(F)cc2n1. The largest absolute Gasteiger partial charge is 0.368 e. The monoisotopic (exact) mass is 531 g/mol. The number of aromatic nitrogens is 3. The third kappa shape index (κ3) is 9.78. The van der Waals surface area contributed by atoms with E-state index in [0.29, 0.717) is 17.5 Å². The van der Waals surface area contributed by atoms with Gasteiger partial charge in [-0.25, -0.2) is 4.39 Å². The molecule has 1 saturated carbocycles. The van der Waals surface area contributed by atoms with Crippen LogP contribution in [0.15, 0.2) is 36.7 Å². The molecule has 0 unspecified atom stereocenters. The van der Waals surface area contributed by atoms with Gasteiger partial charge < -0.3 is 10.2 Å². The molecule has 1 saturated heterocycles. The van der Waals surface area contributed by atoms with E-state index < -0.39 is 6.04 Å². The Kier molecular flexibility index (Phi) is 14.1. The molecule has 1 spiro atoms. The van der Waals surface area contributed by atoms with Crippen molar-refractivity contribution in [3.63, 3.8) is 0 Å². The van der Waals surface area contributed by atoms with E-state index >= 15 is 0 Å². The molecule has 38 heavy (non-hydrogen) atoms. The molecular formula is C30H47F2N5O. The topological polar surface area (TPSA) is 63.1 Å². The number of nitrogens with one attached hydrogen (secondary N) is 1. The molecule has 0 bridgehead atoms. The van der Waals surface area contributed by atoms with Crippen molar-refractivity contribution in [2.75, 3.05) is 24.5 Å². The van der Waals surface area contributed by atoms with E-state index in [2.05, 4.69) is 40.2 Å². The number of carbonyl (C=O) groups excluding carboxylic acids is 1. The van der Waals surface area contributed by atoms with Crippen molar-refractivity contribution >= 4 is 22.6 Å². The average Bonchev–Trinajstić information content (AvgIpc) is 3.50. The number of pyridine rings is 1. The normalized spacial score (nSPS) is 14.7. The van der Waals surface area contributed by atoms with Crippen molar-refractivity contribution < 1.29 is 13.6 Å². The van der Waals surface area contributed by atoms with Crippen LogP contribution in [0, 0.1) is 12.7 Å². The summed E-state index contributed by atoms with van der Waals surface area (Å²) in [5.41, 5.74) is 5.24. The Bertz CT molecular complexity index is 1130. The van der Waals surface area contributed by atoms with Crippen molar-refractivity contribution in [3.8, 4) is 0 Å². The molecule has 0 amide bonds. The number of anilines is 1. The summed E-state index contributed by atoms with van der Waals surface area (Å²) in [6.07, 6.45) is 9.52. The summed E-state index contributed by atoms with van der Waals surface area (Å²) >= 11 is 0. The highest BCUT2D eigenvalue weighted by Gasteiger charge is 2.45. The zero-order chi connectivity index (χ0) is 27.4. The smallest absolute Gasteiger partial charge is 0.301 e. The molecular weight excluding hydrogens is 484 g/mol. The third-order valence-corrected chi connectivity index (χ3v) is 6.35. The Morgan fingerprint density at radius 3 is 2.45 bits per heavy atom. The maximum Gasteiger partial charge on any atom is 0.301 e. The molecule has 1 aromatic carbocycles. The Labute approximate surface area is 227 Å². The first kappa shape index (κ1) is 33.2. The van der Waals surface area contributed by atoms with Gasteiger partial charge in [-0.1, -0.05) is 41.5 Å². The second-order valence-electron chi connectivity index (χ2n) is 9.38. The zero-order valence-corrected chi connectivity index (χ0v) is 23.3. The van der Waals surface area contributed by atoms with Gasteiger partial charge in [-0.15, -0.1) is 0 Å². The highest BCUT2D eigenvalue weighted by molar-refractivity contribution is 5.77. The van der Waals surface area contributed by atoms with E-state index in [1.165, 1.54) is 54.9 Å². The van der Waals surface area contributed by atoms with Crippen LogP contribution >= 0.6 is 0 Å². The molecule has 1 N–H and O–H groups in total. The number of hydrogen-bond donors (Lipinski definition) is 1. The van der Waals surface area contributed by atoms with E-state index in [0.717, 1.165) is 24.9 Å². The highest BCUT2D eigenvalue weighted by atomic mass is 19.1. The Morgan fingerprint density at radius 2 is 1.87 bits per heavy atom. The summed E-state index contributed by atoms with van der Waals surface area (Å²) in [7, 11) is 1.82. The Morgan fingerprint density at radius 1 is 1.16 bits per heavy atom. The summed E-state index contributed by atoms with van der Waals surface area (Å²) < 4.78 is 25.3. The fraction of sp³-hybridized carbons (Fsp3) is 0.567. The summed E-state index contributed by atoms with van der Waals surface area (Å²) in [6, 6.07) is 5.58. The van der Waals surface area contributed by atoms with Crippen LogP contribution in [0.1, 0.15) is 78.5 Å². The van der Waals surface area contributed by atoms with Crippen LogP contribution in [0.4, 0.5) is 14.5 Å². The van der Waals surface area contributed by atoms with Gasteiger partial charge in [-0.2, -0.15) is 9.49 Å². The molecule has 0 atom stereocenters. The number of rotatable bonds is 5. The van der Waals surface area contributed by atoms with Crippen LogP contribution in [-0.4, -0.2) is 46.0 Å². The molecule has 6 nitrogen and oxygen atoms in total. The first-order valence-electron chi connectivity index (χ1n) is 13.5. The van der Waals surface area contributed by atoms with E-state index in [-0.39, 0.29) is 19.7 Å². The minimum absolute atomic E-state index is 0. The van der Waals surface area contributed by atoms with Gasteiger partial charge in [0.05, 0.1) is 5.52 Å². The number of hydrogen-bond acceptors (Lipinski definition) is 5. The van der Waals surface area contributed by atoms with Crippen molar-refractivity contribution in [2.24, 2.45) is 7.05 Å². The average molecular weight is 532 g/mol. The number of fused-ring (bicyclic) bond motifs is 1. The Hall–Kier alpha value is -2.87. The Balaban J connectivity index is 0.000000309. The predicted octanol–water partition coefficient (Wildman–Crippen LogP) is 6.94. The van der Waals surface area contributed by atoms with Gasteiger partial charge in [-0.3, -0.25) is 14.5 Å². The van der Waals surface area contributed by atoms with E-state index in [9.17, 15) is 13.6 Å². The molecule has 2 fully saturated rings. The number of benzene rings is 1. The summed E-state index contributed by atoms with van der Waals surface area (Å²) in [6.45, 7) is 13.6. The first-order valence-corrected chi connectivity index (χ1v) is 13.5. The van der Waals surface area contributed by atoms with Crippen molar-refractivity contribution in [1.29, 1.82) is 0 Å². The quantitative estimate of drug-likeness (QED) is 0.361. The maximum atomic E-state index is 12.6. The fourth-order valence-corrected chi connectivity index (χ4v) is 4.40. The lowest BCUT2D eigenvalue weighted by atomic mass is 10.0. The molecule has 2 aromatic heterocycles. The molecule has 212 valence electrons. The van der Waals surface area contributed by atoms with Crippen molar-refractivity contribution in [2.45, 2.75) is 86.1 Å². The van der Waals surface area contributed by atoms with Crippen LogP contribution in [-0.2, 0) is 18.3 Å². The van der Waals surface area contributed by atoms with Crippen LogP contribution < -0.4 is 10.2 Å². The molecule has 0 radical (unpaired) electrons. The van der Waals surface area contributed by atoms with Gasteiger partial charge in [0.15, 0.2) is 0 Å². The maximum absolute atomic E-state index is 12.6. The molecule has 8 heteroatoms. The standard InChI is InChI=1S/C15H23N3.C8H7FN2.C4H7FO.C2H6.CH4/c1-3-4-13-12(2)16-8-5-14(13)18-10-9-17-15(11-18)6-7-15;1-11-5-6-2-3-7(9)4-8(6)10-11;1-2-3-4(5)6;1-2;/h5,8,17H,3-4,6-7,9-11H2,1-2H3;2-5H,1H3;2-3H2,1H3;1-2H3;1H4. The molecule has 3 aromatic rings. The summed E-state index contributed by atoms with van der Waals surface area (Å²) in [5, 5.41) is 8.70. The number of nitrogens with zero attached hydrogens (tertiary/aromatic N) is 4. The number of aryl methyl sites for hydroxylation is 2. The minimum Gasteiger partial charge on any atom is -0.368 e. The summed E-state index contributed by atoms with van der Waals surface area (Å²) in [5.74, 6) is -0.240. The van der Waals surface area contributed by atoms with E-state index in [1.807, 2.05) is 33.3 Å². The van der Waals surface area contributed by atoms with Crippen LogP contribution in [0.25, 0.3) is 10.9 Å². The van der Waals surface area contributed by atoms with Crippen LogP contribution in [0.3, 0.4) is 0 Å². The van der Waals surface area contributed by atoms with Gasteiger partial charge in [-0.05, 0) is 56.4 Å². The third-order valence-electron chi connectivity index (χ3n) is 6.35. The number of halogens is 2. The van der Waals surface area contributed by atoms with Gasteiger partial charge >= 0.3 is 6.04 Å². The zero-order valence-electron chi connectivity index (χ0n) is 23.3. The van der Waals surface area contributed by atoms with Crippen molar-refractivity contribution in [3.05, 3.63) is 53.7 Å². The molecule has 2 aliphatic rings. The lowest BCUT2D eigenvalue weighted by Gasteiger charge is -2.37. The van der Waals surface area contributed by atoms with Crippen LogP contribution in [0.2, 0.25) is 0 Å². The van der Waals surface area contributed by atoms with Gasteiger partial charge in [0, 0.05) is 73.9 Å². The van der Waals surface area contributed by atoms with Gasteiger partial charge in [0.2, 0.25) is 0 Å². The van der Waals surface area contributed by atoms with Crippen molar-refractivity contribution in [1.82, 2.24) is 20.1 Å². The lowest BCUT2D eigenvalue weighted by Crippen LogP contribution is -2.52. The van der Waals surface area contributed by atoms with Gasteiger partial charge in [0.1, 0.15) is 5.82 Å². The predicted molar refractivity (Wildman–Crippen MR) is 155 cm³/mol. The fourth-order valence-electron chi connectivity index (χ4n) is 4.40. The number of carbonyl (C=O) groups is 1. The highest BCUT2D eigenvalue weighted by Crippen LogP contribution is 2.39. The molecule has 1 aliphatic heterocycles. The lowest BCUT2D eigenvalue weighted by molar-refractivity contribution is -0.129. The molecule has 5 rings (SSSR count).